The number of nitrogens with one attached hydrogen (secondary N) is 3. The summed E-state index contributed by atoms with van der Waals surface area (Å²) in [5.41, 5.74) is 8.24. The van der Waals surface area contributed by atoms with E-state index in [1.54, 1.807) is 31.3 Å². The predicted octanol–water partition coefficient (Wildman–Crippen LogP) is 0.0308. The Morgan fingerprint density at radius 1 is 1.55 bits per heavy atom. The molecule has 0 unspecified atom stereocenters. The van der Waals surface area contributed by atoms with Crippen LogP contribution in [0.2, 0.25) is 0 Å². The summed E-state index contributed by atoms with van der Waals surface area (Å²) in [6.07, 6.45) is 2.91. The van der Waals surface area contributed by atoms with Crippen LogP contribution in [0, 0.1) is 0 Å². The number of hydrogen-bond acceptors (Lipinski definition) is 5. The molecule has 0 fully saturated rings. The molecule has 9 heteroatoms. The van der Waals surface area contributed by atoms with Gasteiger partial charge >= 0.3 is 12.1 Å². The lowest BCUT2D eigenvalue weighted by Crippen LogP contribution is -2.57. The van der Waals surface area contributed by atoms with Gasteiger partial charge in [0.05, 0.1) is 24.2 Å². The average Bonchev–Trinajstić information content (AvgIpc) is 2.47. The monoisotopic (exact) mass is 275 g/mol. The molecule has 0 bridgehead atoms. The largest absolute Gasteiger partial charge is 0.356 e. The van der Waals surface area contributed by atoms with Gasteiger partial charge in [0, 0.05) is 6.20 Å². The van der Waals surface area contributed by atoms with Gasteiger partial charge in [-0.3, -0.25) is 10.4 Å². The number of carbonyl (C=O) groups is 2. The Bertz CT molecular complexity index is 555. The fourth-order valence-electron chi connectivity index (χ4n) is 1.35. The number of carbonyl (C=O) groups excluding carboxylic acids is 2. The van der Waals surface area contributed by atoms with Gasteiger partial charge in [-0.05, 0) is 19.1 Å². The molecule has 0 saturated heterocycles. The summed E-state index contributed by atoms with van der Waals surface area (Å²) in [6.45, 7) is 2.01. The van der Waals surface area contributed by atoms with E-state index in [9.17, 15) is 9.59 Å². The van der Waals surface area contributed by atoms with Crippen molar-refractivity contribution in [3.63, 3.8) is 0 Å². The van der Waals surface area contributed by atoms with Crippen LogP contribution in [0.3, 0.4) is 0 Å². The van der Waals surface area contributed by atoms with Gasteiger partial charge in [0.25, 0.3) is 0 Å². The van der Waals surface area contributed by atoms with E-state index in [0.29, 0.717) is 11.4 Å². The van der Waals surface area contributed by atoms with Crippen molar-refractivity contribution in [1.29, 1.82) is 0 Å². The molecule has 0 aliphatic carbocycles. The zero-order valence-electron chi connectivity index (χ0n) is 10.7. The molecular weight excluding hydrogens is 262 g/mol. The number of amides is 4. The van der Waals surface area contributed by atoms with Gasteiger partial charge in [-0.1, -0.05) is 6.07 Å². The van der Waals surface area contributed by atoms with E-state index in [1.165, 1.54) is 6.21 Å². The summed E-state index contributed by atoms with van der Waals surface area (Å²) >= 11 is 0. The lowest BCUT2D eigenvalue weighted by Gasteiger charge is -2.25. The second-order valence-electron chi connectivity index (χ2n) is 3.90. The van der Waals surface area contributed by atoms with Crippen molar-refractivity contribution in [1.82, 2.24) is 26.4 Å². The molecule has 9 nitrogen and oxygen atoms in total. The molecule has 0 spiro atoms. The van der Waals surface area contributed by atoms with Gasteiger partial charge in [0.2, 0.25) is 0 Å². The zero-order valence-corrected chi connectivity index (χ0v) is 10.7. The van der Waals surface area contributed by atoms with Crippen LogP contribution in [0.5, 0.6) is 0 Å². The Morgan fingerprint density at radius 3 is 3.15 bits per heavy atom. The van der Waals surface area contributed by atoms with Gasteiger partial charge < -0.3 is 0 Å². The third kappa shape index (κ3) is 3.85. The first-order valence-electron chi connectivity index (χ1n) is 5.76. The number of urea groups is 2. The van der Waals surface area contributed by atoms with Gasteiger partial charge in [-0.2, -0.15) is 10.1 Å². The number of pyridine rings is 1. The molecule has 3 N–H and O–H groups in total. The first kappa shape index (κ1) is 13.6. The summed E-state index contributed by atoms with van der Waals surface area (Å²) in [5.74, 6) is 0. The Morgan fingerprint density at radius 2 is 2.40 bits per heavy atom. The maximum Gasteiger partial charge on any atom is 0.356 e. The van der Waals surface area contributed by atoms with E-state index < -0.39 is 12.1 Å². The minimum atomic E-state index is -0.649. The van der Waals surface area contributed by atoms with E-state index in [0.717, 1.165) is 5.01 Å². The quantitative estimate of drug-likeness (QED) is 0.533. The lowest BCUT2D eigenvalue weighted by atomic mass is 10.4. The van der Waals surface area contributed by atoms with Crippen molar-refractivity contribution in [2.75, 3.05) is 6.54 Å². The maximum atomic E-state index is 11.5. The highest BCUT2D eigenvalue weighted by atomic mass is 16.2. The lowest BCUT2D eigenvalue weighted by molar-refractivity contribution is 0.163. The fourth-order valence-corrected chi connectivity index (χ4v) is 1.35. The number of hydrazone groups is 1. The molecule has 1 aromatic rings. The molecule has 1 aliphatic rings. The van der Waals surface area contributed by atoms with E-state index in [1.807, 2.05) is 0 Å². The van der Waals surface area contributed by atoms with Crippen LogP contribution in [-0.2, 0) is 0 Å². The minimum absolute atomic E-state index is 0.260. The summed E-state index contributed by atoms with van der Waals surface area (Å²) in [5, 5.41) is 4.91. The third-order valence-electron chi connectivity index (χ3n) is 2.27. The van der Waals surface area contributed by atoms with Crippen LogP contribution in [0.15, 0.2) is 34.5 Å². The van der Waals surface area contributed by atoms with Crippen molar-refractivity contribution in [2.24, 2.45) is 10.1 Å². The standard InChI is InChI=1S/C11H13N7O2/c1-8-7-18(11(20)16-14-8)17-15-10(19)13-6-9-4-2-3-5-12-9/h2-6,17H,7H2,1H3,(H,15,19)(H,16,20)/b13-6+. The average molecular weight is 275 g/mol. The molecule has 2 rings (SSSR count). The number of nitrogens with zero attached hydrogens (tertiary/aromatic N) is 4. The topological polar surface area (TPSA) is 111 Å². The van der Waals surface area contributed by atoms with Crippen LogP contribution in [0.1, 0.15) is 12.6 Å². The Labute approximate surface area is 114 Å². The summed E-state index contributed by atoms with van der Waals surface area (Å²) in [7, 11) is 0. The second-order valence-corrected chi connectivity index (χ2v) is 3.90. The number of aromatic nitrogens is 1. The van der Waals surface area contributed by atoms with Crippen molar-refractivity contribution in [3.05, 3.63) is 30.1 Å². The smallest absolute Gasteiger partial charge is 0.255 e. The van der Waals surface area contributed by atoms with Crippen molar-refractivity contribution < 1.29 is 9.59 Å². The molecule has 0 atom stereocenters. The minimum Gasteiger partial charge on any atom is -0.255 e. The normalized spacial score (nSPS) is 14.9. The first-order valence-corrected chi connectivity index (χ1v) is 5.76. The molecule has 104 valence electrons. The Hall–Kier alpha value is -2.81. The van der Waals surface area contributed by atoms with Gasteiger partial charge in [0.1, 0.15) is 0 Å². The van der Waals surface area contributed by atoms with Crippen LogP contribution in [0.25, 0.3) is 0 Å². The maximum absolute atomic E-state index is 11.5. The van der Waals surface area contributed by atoms with Crippen LogP contribution < -0.4 is 16.4 Å². The number of aliphatic imine (C=N–C) groups is 1. The number of rotatable bonds is 3. The molecule has 0 aromatic carbocycles. The molecule has 20 heavy (non-hydrogen) atoms. The molecular formula is C11H13N7O2. The van der Waals surface area contributed by atoms with E-state index in [-0.39, 0.29) is 6.54 Å². The van der Waals surface area contributed by atoms with Gasteiger partial charge in [-0.15, -0.1) is 5.53 Å². The van der Waals surface area contributed by atoms with Gasteiger partial charge in [-0.25, -0.2) is 20.0 Å². The molecule has 2 heterocycles. The number of hydrazine groups is 2. The SMILES string of the molecule is CC1=NNC(=O)N(NNC(=O)/N=C/c2ccccn2)C1. The highest BCUT2D eigenvalue weighted by Gasteiger charge is 2.18. The molecule has 4 amide bonds. The zero-order chi connectivity index (χ0) is 14.4. The first-order chi connectivity index (χ1) is 9.65. The van der Waals surface area contributed by atoms with Crippen molar-refractivity contribution in [3.8, 4) is 0 Å². The second kappa shape index (κ2) is 6.38. The molecule has 1 aromatic heterocycles. The molecule has 0 radical (unpaired) electrons. The summed E-state index contributed by atoms with van der Waals surface area (Å²) in [6, 6.07) is 4.14. The Kier molecular flexibility index (Phi) is 4.35. The predicted molar refractivity (Wildman–Crippen MR) is 71.8 cm³/mol. The van der Waals surface area contributed by atoms with Crippen LogP contribution >= 0.6 is 0 Å². The van der Waals surface area contributed by atoms with Crippen LogP contribution in [-0.4, -0.2) is 40.5 Å². The van der Waals surface area contributed by atoms with Crippen molar-refractivity contribution >= 4 is 24.0 Å². The molecule has 0 saturated carbocycles. The van der Waals surface area contributed by atoms with Crippen LogP contribution in [0.4, 0.5) is 9.59 Å². The van der Waals surface area contributed by atoms with E-state index >= 15 is 0 Å². The number of hydrogen-bond donors (Lipinski definition) is 3. The summed E-state index contributed by atoms with van der Waals surface area (Å²) in [4.78, 5) is 30.5. The Balaban J connectivity index is 1.82. The van der Waals surface area contributed by atoms with Gasteiger partial charge in [0.15, 0.2) is 0 Å². The highest BCUT2D eigenvalue weighted by Crippen LogP contribution is 1.92. The van der Waals surface area contributed by atoms with E-state index in [2.05, 4.69) is 31.5 Å². The molecule has 1 aliphatic heterocycles. The van der Waals surface area contributed by atoms with E-state index in [4.69, 9.17) is 0 Å². The summed E-state index contributed by atoms with van der Waals surface area (Å²) < 4.78 is 0. The fraction of sp³-hybridized carbons (Fsp3) is 0.182. The highest BCUT2D eigenvalue weighted by molar-refractivity contribution is 5.92. The third-order valence-corrected chi connectivity index (χ3v) is 2.27. The van der Waals surface area contributed by atoms with Crippen molar-refractivity contribution in [2.45, 2.75) is 6.92 Å².